The summed E-state index contributed by atoms with van der Waals surface area (Å²) >= 11 is 11.9. The van der Waals surface area contributed by atoms with Gasteiger partial charge in [0.15, 0.2) is 0 Å². The van der Waals surface area contributed by atoms with Gasteiger partial charge in [0.1, 0.15) is 10.9 Å². The van der Waals surface area contributed by atoms with E-state index in [2.05, 4.69) is 0 Å². The molecule has 0 bridgehead atoms. The van der Waals surface area contributed by atoms with E-state index < -0.39 is 9.52 Å². The molecule has 0 aliphatic rings. The van der Waals surface area contributed by atoms with Crippen molar-refractivity contribution in [1.29, 1.82) is 5.26 Å². The summed E-state index contributed by atoms with van der Waals surface area (Å²) < 4.78 is 11.8. The third kappa shape index (κ3) is 2.66. The molecule has 0 saturated carbocycles. The average molecular weight is 262 g/mol. The second-order valence-corrected chi connectivity index (χ2v) is 6.96. The van der Waals surface area contributed by atoms with E-state index in [1.165, 1.54) is 12.5 Å². The third-order valence-electron chi connectivity index (χ3n) is 1.78. The van der Waals surface area contributed by atoms with Gasteiger partial charge in [0.25, 0.3) is 0 Å². The smallest absolute Gasteiger partial charge is 0.114 e. The van der Waals surface area contributed by atoms with E-state index in [1.54, 1.807) is 18.2 Å². The van der Waals surface area contributed by atoms with Crippen LogP contribution < -0.4 is 0 Å². The van der Waals surface area contributed by atoms with E-state index in [0.717, 1.165) is 0 Å². The van der Waals surface area contributed by atoms with Crippen molar-refractivity contribution in [2.75, 3.05) is 12.5 Å². The van der Waals surface area contributed by atoms with Gasteiger partial charge in [-0.1, -0.05) is 29.3 Å². The number of nitriles is 1. The summed E-state index contributed by atoms with van der Waals surface area (Å²) in [6, 6.07) is 6.82. The molecule has 0 aliphatic heterocycles. The predicted octanol–water partition coefficient (Wildman–Crippen LogP) is 2.58. The topological polar surface area (TPSA) is 40.9 Å². The maximum absolute atomic E-state index is 11.8. The summed E-state index contributed by atoms with van der Waals surface area (Å²) in [5.74, 6) is 0. The van der Waals surface area contributed by atoms with Crippen molar-refractivity contribution in [3.05, 3.63) is 33.8 Å². The highest BCUT2D eigenvalue weighted by atomic mass is 35.5. The highest BCUT2D eigenvalue weighted by Crippen LogP contribution is 2.25. The van der Waals surface area contributed by atoms with Crippen molar-refractivity contribution in [2.24, 2.45) is 0 Å². The Hall–Kier alpha value is -0.690. The molecule has 0 atom stereocenters. The number of rotatable bonds is 1. The minimum Gasteiger partial charge on any atom is -0.267 e. The van der Waals surface area contributed by atoms with Crippen LogP contribution in [0.5, 0.6) is 0 Å². The minimum atomic E-state index is -2.38. The highest BCUT2D eigenvalue weighted by Gasteiger charge is 2.15. The van der Waals surface area contributed by atoms with Gasteiger partial charge >= 0.3 is 0 Å². The molecule has 0 unspecified atom stereocenters. The first-order valence-electron chi connectivity index (χ1n) is 4.03. The highest BCUT2D eigenvalue weighted by molar-refractivity contribution is 8.01. The zero-order chi connectivity index (χ0) is 11.6. The molecule has 0 heterocycles. The molecule has 80 valence electrons. The molecule has 0 fully saturated rings. The van der Waals surface area contributed by atoms with Crippen molar-refractivity contribution in [2.45, 2.75) is 0 Å². The number of hydrogen-bond acceptors (Lipinski definition) is 2. The number of halogens is 2. The quantitative estimate of drug-likeness (QED) is 0.576. The summed E-state index contributed by atoms with van der Waals surface area (Å²) in [5, 5.41) is 9.67. The lowest BCUT2D eigenvalue weighted by atomic mass is 10.2. The maximum atomic E-state index is 11.8. The fourth-order valence-electron chi connectivity index (χ4n) is 1.13. The molecule has 1 aromatic carbocycles. The summed E-state index contributed by atoms with van der Waals surface area (Å²) in [4.78, 5) is 0.137. The Labute approximate surface area is 99.4 Å². The molecular weight excluding hydrogens is 253 g/mol. The van der Waals surface area contributed by atoms with Gasteiger partial charge in [0, 0.05) is 18.1 Å². The molecule has 0 spiro atoms. The molecule has 0 aliphatic carbocycles. The van der Waals surface area contributed by atoms with Crippen LogP contribution in [0.25, 0.3) is 0 Å². The lowest BCUT2D eigenvalue weighted by molar-refractivity contribution is 0.688. The van der Waals surface area contributed by atoms with Crippen molar-refractivity contribution >= 4 is 37.6 Å². The Morgan fingerprint density at radius 3 is 2.13 bits per heavy atom. The van der Waals surface area contributed by atoms with Gasteiger partial charge in [-0.05, 0) is 21.7 Å². The number of nitrogens with zero attached hydrogens (tertiary/aromatic N) is 1. The van der Waals surface area contributed by atoms with Gasteiger partial charge in [-0.15, -0.1) is 0 Å². The van der Waals surface area contributed by atoms with Gasteiger partial charge in [0.05, 0.1) is 10.0 Å². The molecule has 2 nitrogen and oxygen atoms in total. The SMILES string of the molecule is CS(C)(=O)=C(C#N)c1c(Cl)cccc1Cl. The van der Waals surface area contributed by atoms with Crippen LogP contribution in [0.15, 0.2) is 18.2 Å². The molecule has 1 aromatic rings. The molecular formula is C10H9Cl2NOS. The van der Waals surface area contributed by atoms with Gasteiger partial charge < -0.3 is 0 Å². The van der Waals surface area contributed by atoms with Crippen molar-refractivity contribution in [3.63, 3.8) is 0 Å². The van der Waals surface area contributed by atoms with E-state index in [4.69, 9.17) is 28.5 Å². The Balaban J connectivity index is 3.70. The lowest BCUT2D eigenvalue weighted by Crippen LogP contribution is -2.12. The Bertz CT molecular complexity index is 523. The molecule has 5 heteroatoms. The van der Waals surface area contributed by atoms with E-state index in [1.807, 2.05) is 6.07 Å². The first-order chi connectivity index (χ1) is 6.88. The van der Waals surface area contributed by atoms with Crippen LogP contribution in [0.4, 0.5) is 0 Å². The molecule has 0 saturated heterocycles. The summed E-state index contributed by atoms with van der Waals surface area (Å²) in [7, 11) is -2.38. The molecule has 0 N–H and O–H groups in total. The van der Waals surface area contributed by atoms with E-state index in [9.17, 15) is 4.21 Å². The zero-order valence-corrected chi connectivity index (χ0v) is 10.6. The van der Waals surface area contributed by atoms with Crippen molar-refractivity contribution < 1.29 is 4.21 Å². The second-order valence-electron chi connectivity index (χ2n) is 3.27. The standard InChI is InChI=1S/C10H9Cl2NOS/c1-15(2,14)9(6-13)10-7(11)4-3-5-8(10)12/h3-5H,1-2H3. The molecule has 1 rings (SSSR count). The van der Waals surface area contributed by atoms with Crippen LogP contribution in [0.1, 0.15) is 5.56 Å². The fraction of sp³-hybridized carbons (Fsp3) is 0.200. The van der Waals surface area contributed by atoms with Crippen LogP contribution in [0.2, 0.25) is 10.0 Å². The Morgan fingerprint density at radius 2 is 1.80 bits per heavy atom. The fourth-order valence-corrected chi connectivity index (χ4v) is 2.76. The van der Waals surface area contributed by atoms with Crippen molar-refractivity contribution in [3.8, 4) is 6.07 Å². The third-order valence-corrected chi connectivity index (χ3v) is 3.69. The molecule has 15 heavy (non-hydrogen) atoms. The van der Waals surface area contributed by atoms with E-state index in [0.29, 0.717) is 15.6 Å². The first kappa shape index (κ1) is 12.4. The van der Waals surface area contributed by atoms with Crippen LogP contribution >= 0.6 is 23.2 Å². The molecule has 0 amide bonds. The number of benzene rings is 1. The monoisotopic (exact) mass is 261 g/mol. The van der Waals surface area contributed by atoms with E-state index in [-0.39, 0.29) is 4.86 Å². The van der Waals surface area contributed by atoms with Gasteiger partial charge in [0.2, 0.25) is 0 Å². The predicted molar refractivity (Wildman–Crippen MR) is 66.2 cm³/mol. The summed E-state index contributed by atoms with van der Waals surface area (Å²) in [5.41, 5.74) is 0.373. The Morgan fingerprint density at radius 1 is 1.33 bits per heavy atom. The van der Waals surface area contributed by atoms with Gasteiger partial charge in [-0.2, -0.15) is 5.26 Å². The maximum Gasteiger partial charge on any atom is 0.114 e. The second kappa shape index (κ2) is 4.44. The summed E-state index contributed by atoms with van der Waals surface area (Å²) in [6.07, 6.45) is 2.98. The average Bonchev–Trinajstić information content (AvgIpc) is 2.09. The van der Waals surface area contributed by atoms with E-state index >= 15 is 0 Å². The summed E-state index contributed by atoms with van der Waals surface area (Å²) in [6.45, 7) is 0. The largest absolute Gasteiger partial charge is 0.267 e. The molecule has 0 radical (unpaired) electrons. The Kier molecular flexibility index (Phi) is 3.67. The van der Waals surface area contributed by atoms with Crippen LogP contribution in [-0.4, -0.2) is 21.6 Å². The van der Waals surface area contributed by atoms with Gasteiger partial charge in [-0.3, -0.25) is 4.21 Å². The zero-order valence-electron chi connectivity index (χ0n) is 8.25. The first-order valence-corrected chi connectivity index (χ1v) is 7.16. The number of hydrogen-bond donors (Lipinski definition) is 0. The van der Waals surface area contributed by atoms with Crippen LogP contribution in [0, 0.1) is 11.3 Å². The van der Waals surface area contributed by atoms with Gasteiger partial charge in [-0.25, -0.2) is 0 Å². The minimum absolute atomic E-state index is 0.137. The molecule has 0 aromatic heterocycles. The van der Waals surface area contributed by atoms with Crippen LogP contribution in [-0.2, 0) is 9.52 Å². The normalized spacial score (nSPS) is 10.9. The lowest BCUT2D eigenvalue weighted by Gasteiger charge is -2.07. The van der Waals surface area contributed by atoms with Crippen LogP contribution in [0.3, 0.4) is 0 Å². The van der Waals surface area contributed by atoms with Crippen molar-refractivity contribution in [1.82, 2.24) is 0 Å².